The predicted molar refractivity (Wildman–Crippen MR) is 107 cm³/mol. The fourth-order valence-electron chi connectivity index (χ4n) is 3.43. The van der Waals surface area contributed by atoms with Gasteiger partial charge in [0.2, 0.25) is 11.8 Å². The lowest BCUT2D eigenvalue weighted by atomic mass is 10.1. The Morgan fingerprint density at radius 2 is 1.89 bits per heavy atom. The molecule has 0 radical (unpaired) electrons. The largest absolute Gasteiger partial charge is 0.374 e. The summed E-state index contributed by atoms with van der Waals surface area (Å²) in [6.07, 6.45) is 1.59. The molecule has 3 rings (SSSR count). The van der Waals surface area contributed by atoms with E-state index in [0.717, 1.165) is 29.8 Å². The molecule has 1 N–H and O–H groups in total. The van der Waals surface area contributed by atoms with E-state index < -0.39 is 0 Å². The van der Waals surface area contributed by atoms with Gasteiger partial charge in [0.25, 0.3) is 0 Å². The van der Waals surface area contributed by atoms with Crippen LogP contribution in [0.2, 0.25) is 0 Å². The molecular weight excluding hydrogens is 338 g/mol. The normalized spacial score (nSPS) is 14.9. The first-order valence-corrected chi connectivity index (χ1v) is 9.45. The van der Waals surface area contributed by atoms with E-state index in [1.807, 2.05) is 73.5 Å². The van der Waals surface area contributed by atoms with Gasteiger partial charge >= 0.3 is 0 Å². The molecule has 2 aromatic rings. The van der Waals surface area contributed by atoms with Gasteiger partial charge in [0, 0.05) is 38.8 Å². The average molecular weight is 365 g/mol. The number of nitrogens with one attached hydrogen (secondary N) is 1. The number of anilines is 1. The third kappa shape index (κ3) is 5.09. The van der Waals surface area contributed by atoms with Crippen molar-refractivity contribution < 1.29 is 9.59 Å². The lowest BCUT2D eigenvalue weighted by molar-refractivity contribution is -0.131. The second-order valence-electron chi connectivity index (χ2n) is 7.17. The van der Waals surface area contributed by atoms with Crippen molar-refractivity contribution in [3.8, 4) is 0 Å². The van der Waals surface area contributed by atoms with Crippen molar-refractivity contribution in [3.63, 3.8) is 0 Å². The molecule has 2 aromatic carbocycles. The topological polar surface area (TPSA) is 52.7 Å². The zero-order valence-corrected chi connectivity index (χ0v) is 16.0. The van der Waals surface area contributed by atoms with E-state index in [1.165, 1.54) is 0 Å². The molecular formula is C22H27N3O2. The maximum absolute atomic E-state index is 12.7. The number of nitrogens with zero attached hydrogens (tertiary/aromatic N) is 2. The van der Waals surface area contributed by atoms with Crippen LogP contribution >= 0.6 is 0 Å². The van der Waals surface area contributed by atoms with Gasteiger partial charge in [-0.05, 0) is 36.6 Å². The van der Waals surface area contributed by atoms with Gasteiger partial charge in [-0.1, -0.05) is 42.5 Å². The van der Waals surface area contributed by atoms with Gasteiger partial charge in [0.05, 0.1) is 0 Å². The number of likely N-dealkylation sites (N-methyl/N-ethyl adjacent to an activating group) is 1. The van der Waals surface area contributed by atoms with Crippen LogP contribution in [0.25, 0.3) is 0 Å². The predicted octanol–water partition coefficient (Wildman–Crippen LogP) is 3.27. The van der Waals surface area contributed by atoms with Crippen molar-refractivity contribution in [2.24, 2.45) is 0 Å². The lowest BCUT2D eigenvalue weighted by Crippen LogP contribution is -2.38. The lowest BCUT2D eigenvalue weighted by Gasteiger charge is -2.23. The van der Waals surface area contributed by atoms with Gasteiger partial charge in [0.1, 0.15) is 6.04 Å². The van der Waals surface area contributed by atoms with Gasteiger partial charge in [0.15, 0.2) is 0 Å². The summed E-state index contributed by atoms with van der Waals surface area (Å²) in [5.74, 6) is 0.262. The molecule has 0 aromatic heterocycles. The molecule has 142 valence electrons. The summed E-state index contributed by atoms with van der Waals surface area (Å²) in [5, 5.41) is 3.29. The first-order chi connectivity index (χ1) is 13.0. The number of likely N-dealkylation sites (tertiary alicyclic amines) is 1. The summed E-state index contributed by atoms with van der Waals surface area (Å²) in [7, 11) is 1.82. The van der Waals surface area contributed by atoms with Gasteiger partial charge in [-0.3, -0.25) is 9.59 Å². The zero-order valence-electron chi connectivity index (χ0n) is 16.0. The summed E-state index contributed by atoms with van der Waals surface area (Å²) in [6, 6.07) is 17.6. The first kappa shape index (κ1) is 19.0. The number of amides is 2. The molecule has 1 atom stereocenters. The zero-order chi connectivity index (χ0) is 19.2. The number of carbonyl (C=O) groups excluding carboxylic acids is 2. The molecule has 0 bridgehead atoms. The Kier molecular flexibility index (Phi) is 6.12. The average Bonchev–Trinajstić information content (AvgIpc) is 3.06. The third-order valence-electron chi connectivity index (χ3n) is 4.86. The molecule has 1 unspecified atom stereocenters. The quantitative estimate of drug-likeness (QED) is 0.819. The first-order valence-electron chi connectivity index (χ1n) is 9.45. The molecule has 0 saturated carbocycles. The van der Waals surface area contributed by atoms with E-state index in [0.29, 0.717) is 19.5 Å². The standard InChI is InChI=1S/C22H27N3O2/c1-17(22(27)24(2)15-18-8-4-3-5-9-18)23-20-11-6-10-19(14-20)16-25-13-7-12-21(25)26/h3-6,8-11,14,17,23H,7,12-13,15-16H2,1-2H3. The van der Waals surface area contributed by atoms with Crippen LogP contribution in [0.4, 0.5) is 5.69 Å². The second kappa shape index (κ2) is 8.71. The third-order valence-corrected chi connectivity index (χ3v) is 4.86. The number of carbonyl (C=O) groups is 2. The highest BCUT2D eigenvalue weighted by Crippen LogP contribution is 2.18. The molecule has 5 nitrogen and oxygen atoms in total. The van der Waals surface area contributed by atoms with Crippen molar-refractivity contribution in [2.75, 3.05) is 18.9 Å². The maximum Gasteiger partial charge on any atom is 0.244 e. The molecule has 0 spiro atoms. The molecule has 1 aliphatic rings. The number of benzene rings is 2. The van der Waals surface area contributed by atoms with Crippen LogP contribution in [0.5, 0.6) is 0 Å². The van der Waals surface area contributed by atoms with Crippen molar-refractivity contribution in [2.45, 2.75) is 38.9 Å². The number of hydrogen-bond acceptors (Lipinski definition) is 3. The van der Waals surface area contributed by atoms with E-state index in [-0.39, 0.29) is 17.9 Å². The summed E-state index contributed by atoms with van der Waals surface area (Å²) >= 11 is 0. The van der Waals surface area contributed by atoms with Gasteiger partial charge < -0.3 is 15.1 Å². The van der Waals surface area contributed by atoms with Crippen LogP contribution in [-0.2, 0) is 22.7 Å². The minimum atomic E-state index is -0.331. The number of hydrogen-bond donors (Lipinski definition) is 1. The van der Waals surface area contributed by atoms with Gasteiger partial charge in [-0.25, -0.2) is 0 Å². The molecule has 2 amide bonds. The highest BCUT2D eigenvalue weighted by molar-refractivity contribution is 5.84. The molecule has 1 fully saturated rings. The summed E-state index contributed by atoms with van der Waals surface area (Å²) in [6.45, 7) is 3.92. The SMILES string of the molecule is CC(Nc1cccc(CN2CCCC2=O)c1)C(=O)N(C)Cc1ccccc1. The molecule has 1 aliphatic heterocycles. The highest BCUT2D eigenvalue weighted by atomic mass is 16.2. The Morgan fingerprint density at radius 1 is 1.15 bits per heavy atom. The van der Waals surface area contributed by atoms with Crippen LogP contribution in [0, 0.1) is 0 Å². The van der Waals surface area contributed by atoms with Crippen LogP contribution in [-0.4, -0.2) is 41.2 Å². The van der Waals surface area contributed by atoms with Crippen LogP contribution in [0.15, 0.2) is 54.6 Å². The minimum absolute atomic E-state index is 0.0407. The van der Waals surface area contributed by atoms with E-state index in [4.69, 9.17) is 0 Å². The van der Waals surface area contributed by atoms with Crippen molar-refractivity contribution in [1.82, 2.24) is 9.80 Å². The smallest absolute Gasteiger partial charge is 0.244 e. The summed E-state index contributed by atoms with van der Waals surface area (Å²) in [5.41, 5.74) is 3.08. The Labute approximate surface area is 161 Å². The Balaban J connectivity index is 1.58. The van der Waals surface area contributed by atoms with Crippen LogP contribution in [0.3, 0.4) is 0 Å². The molecule has 0 aliphatic carbocycles. The van der Waals surface area contributed by atoms with Crippen LogP contribution < -0.4 is 5.32 Å². The van der Waals surface area contributed by atoms with Crippen molar-refractivity contribution in [1.29, 1.82) is 0 Å². The Morgan fingerprint density at radius 3 is 2.59 bits per heavy atom. The fraction of sp³-hybridized carbons (Fsp3) is 0.364. The Hall–Kier alpha value is -2.82. The molecule has 1 saturated heterocycles. The highest BCUT2D eigenvalue weighted by Gasteiger charge is 2.21. The molecule has 27 heavy (non-hydrogen) atoms. The second-order valence-corrected chi connectivity index (χ2v) is 7.17. The van der Waals surface area contributed by atoms with Crippen molar-refractivity contribution >= 4 is 17.5 Å². The Bertz CT molecular complexity index is 791. The monoisotopic (exact) mass is 365 g/mol. The van der Waals surface area contributed by atoms with E-state index in [1.54, 1.807) is 4.90 Å². The maximum atomic E-state index is 12.7. The summed E-state index contributed by atoms with van der Waals surface area (Å²) in [4.78, 5) is 28.1. The number of rotatable bonds is 7. The van der Waals surface area contributed by atoms with Crippen LogP contribution in [0.1, 0.15) is 30.9 Å². The van der Waals surface area contributed by atoms with E-state index >= 15 is 0 Å². The van der Waals surface area contributed by atoms with Crippen molar-refractivity contribution in [3.05, 3.63) is 65.7 Å². The van der Waals surface area contributed by atoms with E-state index in [9.17, 15) is 9.59 Å². The van der Waals surface area contributed by atoms with Gasteiger partial charge in [-0.15, -0.1) is 0 Å². The fourth-order valence-corrected chi connectivity index (χ4v) is 3.43. The molecule has 5 heteroatoms. The van der Waals surface area contributed by atoms with Gasteiger partial charge in [-0.2, -0.15) is 0 Å². The minimum Gasteiger partial charge on any atom is -0.374 e. The molecule has 1 heterocycles. The summed E-state index contributed by atoms with van der Waals surface area (Å²) < 4.78 is 0. The van der Waals surface area contributed by atoms with E-state index in [2.05, 4.69) is 5.32 Å².